The molecule has 8 bridgehead atoms. The maximum atomic E-state index is 15.3. The van der Waals surface area contributed by atoms with Gasteiger partial charge in [0.15, 0.2) is 0 Å². The van der Waals surface area contributed by atoms with Crippen molar-refractivity contribution in [2.24, 2.45) is 0 Å². The molecule has 1 aliphatic carbocycles. The van der Waals surface area contributed by atoms with E-state index in [0.29, 0.717) is 80.1 Å². The van der Waals surface area contributed by atoms with Crippen molar-refractivity contribution in [3.8, 4) is 51.0 Å². The number of hydrogen-bond acceptors (Lipinski definition) is 7. The lowest BCUT2D eigenvalue weighted by Gasteiger charge is -2.24. The SMILES string of the molecule is CCCOc1c2cccc1Cc1cc(-c3cc(C)cc(C)c3)cc(c1OCCC)Cc1cc(Br)cc(c1OCCC)Cc1cc(OC(=O)c3ccc4ccccc4c3-c3c(C(=O)O)ccc4ccccc34)cc(c1OCCC)C2. The highest BCUT2D eigenvalue weighted by atomic mass is 79.9. The van der Waals surface area contributed by atoms with Crippen LogP contribution in [0.25, 0.3) is 43.8 Å². The van der Waals surface area contributed by atoms with E-state index in [9.17, 15) is 9.90 Å². The van der Waals surface area contributed by atoms with Gasteiger partial charge in [0.05, 0.1) is 37.6 Å². The summed E-state index contributed by atoms with van der Waals surface area (Å²) < 4.78 is 35.1. The van der Waals surface area contributed by atoms with E-state index in [1.54, 1.807) is 12.1 Å². The quantitative estimate of drug-likeness (QED) is 0.0711. The molecule has 0 radical (unpaired) electrons. The molecule has 0 heterocycles. The normalized spacial score (nSPS) is 12.1. The lowest BCUT2D eigenvalue weighted by Crippen LogP contribution is -2.13. The molecule has 0 atom stereocenters. The van der Waals surface area contributed by atoms with Crippen LogP contribution in [0.4, 0.5) is 0 Å². The predicted octanol–water partition coefficient (Wildman–Crippen LogP) is 17.5. The third-order valence-electron chi connectivity index (χ3n) is 14.5. The second-order valence-electron chi connectivity index (χ2n) is 20.7. The number of para-hydroxylation sites is 1. The van der Waals surface area contributed by atoms with Gasteiger partial charge in [0.25, 0.3) is 0 Å². The van der Waals surface area contributed by atoms with E-state index in [2.05, 4.69) is 118 Å². The second kappa shape index (κ2) is 24.4. The van der Waals surface area contributed by atoms with Crippen LogP contribution in [0.1, 0.15) is 130 Å². The van der Waals surface area contributed by atoms with Crippen LogP contribution in [0.3, 0.4) is 0 Å². The number of carboxylic acid groups (broad SMARTS) is 1. The van der Waals surface area contributed by atoms with E-state index in [0.717, 1.165) is 119 Å². The fourth-order valence-corrected chi connectivity index (χ4v) is 11.8. The summed E-state index contributed by atoms with van der Waals surface area (Å²) in [4.78, 5) is 28.5. The van der Waals surface area contributed by atoms with Gasteiger partial charge in [-0.3, -0.25) is 0 Å². The molecule has 9 heteroatoms. The average molecular weight is 1120 g/mol. The van der Waals surface area contributed by atoms with Crippen molar-refractivity contribution in [3.63, 3.8) is 0 Å². The highest BCUT2D eigenvalue weighted by Gasteiger charge is 2.28. The predicted molar refractivity (Wildman–Crippen MR) is 322 cm³/mol. The summed E-state index contributed by atoms with van der Waals surface area (Å²) >= 11 is 3.95. The van der Waals surface area contributed by atoms with Crippen molar-refractivity contribution >= 4 is 49.4 Å². The molecular formula is C70H67BrO8. The van der Waals surface area contributed by atoms with Crippen LogP contribution in [0.15, 0.2) is 150 Å². The van der Waals surface area contributed by atoms with Crippen LogP contribution in [-0.4, -0.2) is 43.5 Å². The molecule has 0 spiro atoms. The van der Waals surface area contributed by atoms with Gasteiger partial charge in [-0.2, -0.15) is 0 Å². The van der Waals surface area contributed by atoms with Crippen molar-refractivity contribution in [1.82, 2.24) is 0 Å². The third-order valence-corrected chi connectivity index (χ3v) is 15.0. The van der Waals surface area contributed by atoms with E-state index in [-0.39, 0.29) is 11.1 Å². The van der Waals surface area contributed by atoms with Crippen molar-refractivity contribution in [2.45, 2.75) is 92.9 Å². The minimum Gasteiger partial charge on any atom is -0.493 e. The monoisotopic (exact) mass is 1110 g/mol. The standard InChI is InChI=1S/C70H67BrO8/c1-7-26-75-65-47-18-15-19-48(65)34-55-41-58(79-70(74)62-25-23-46-17-12-14-21-60(46)64(62)63-59-20-13-11-16-45(59)22-24-61(63)69(72)73)42-56(68(55)78-29-10-4)38-54-40-57(71)39-53(67(54)77-28-9-3)37-52-36-50(49-31-43(5)30-44(6)32-49)35-51(33-47)66(52)76-27-8-2/h11-25,30-32,35-36,39-42H,7-10,26-29,33-34,37-38H2,1-6H3,(H,72,73). The Hall–Kier alpha value is -7.88. The zero-order chi connectivity index (χ0) is 55.2. The summed E-state index contributed by atoms with van der Waals surface area (Å²) in [6, 6.07) is 48.3. The van der Waals surface area contributed by atoms with Gasteiger partial charge in [0.2, 0.25) is 0 Å². The van der Waals surface area contributed by atoms with Crippen LogP contribution >= 0.6 is 15.9 Å². The number of aryl methyl sites for hydroxylation is 2. The van der Waals surface area contributed by atoms with Crippen LogP contribution in [0, 0.1) is 13.8 Å². The van der Waals surface area contributed by atoms with Crippen molar-refractivity contribution in [1.29, 1.82) is 0 Å². The maximum Gasteiger partial charge on any atom is 0.344 e. The van der Waals surface area contributed by atoms with Crippen LogP contribution < -0.4 is 23.7 Å². The molecule has 0 aliphatic heterocycles. The highest BCUT2D eigenvalue weighted by Crippen LogP contribution is 2.45. The Morgan fingerprint density at radius 2 is 0.835 bits per heavy atom. The number of carboxylic acids is 1. The smallest absolute Gasteiger partial charge is 0.344 e. The first-order valence-electron chi connectivity index (χ1n) is 27.8. The van der Waals surface area contributed by atoms with E-state index in [1.807, 2.05) is 72.8 Å². The van der Waals surface area contributed by atoms with Crippen LogP contribution in [-0.2, 0) is 25.7 Å². The minimum absolute atomic E-state index is 0.0855. The highest BCUT2D eigenvalue weighted by molar-refractivity contribution is 9.10. The van der Waals surface area contributed by atoms with Gasteiger partial charge in [-0.25, -0.2) is 9.59 Å². The fourth-order valence-electron chi connectivity index (χ4n) is 11.2. The Balaban J connectivity index is 1.20. The number of aromatic carboxylic acids is 1. The van der Waals surface area contributed by atoms with E-state index < -0.39 is 11.9 Å². The van der Waals surface area contributed by atoms with Gasteiger partial charge in [-0.15, -0.1) is 0 Å². The second-order valence-corrected chi connectivity index (χ2v) is 21.7. The molecule has 0 fully saturated rings. The first-order chi connectivity index (χ1) is 38.4. The summed E-state index contributed by atoms with van der Waals surface area (Å²) in [7, 11) is 0. The number of esters is 1. The third kappa shape index (κ3) is 11.8. The minimum atomic E-state index is -1.10. The fraction of sp³-hybridized carbons (Fsp3) is 0.257. The molecule has 10 rings (SSSR count). The molecule has 79 heavy (non-hydrogen) atoms. The van der Waals surface area contributed by atoms with Gasteiger partial charge >= 0.3 is 11.9 Å². The number of ether oxygens (including phenoxy) is 5. The Labute approximate surface area is 472 Å². The number of carbonyl (C=O) groups excluding carboxylic acids is 1. The van der Waals surface area contributed by atoms with Gasteiger partial charge in [0.1, 0.15) is 28.7 Å². The molecule has 9 aromatic rings. The maximum absolute atomic E-state index is 15.3. The molecular weight excluding hydrogens is 1050 g/mol. The number of hydrogen-bond donors (Lipinski definition) is 1. The lowest BCUT2D eigenvalue weighted by molar-refractivity contribution is 0.0694. The van der Waals surface area contributed by atoms with Crippen LogP contribution in [0.2, 0.25) is 0 Å². The Kier molecular flexibility index (Phi) is 16.8. The molecule has 402 valence electrons. The van der Waals surface area contributed by atoms with E-state index in [1.165, 1.54) is 11.1 Å². The molecule has 0 unspecified atom stereocenters. The van der Waals surface area contributed by atoms with Crippen molar-refractivity contribution in [2.75, 3.05) is 26.4 Å². The number of carbonyl (C=O) groups is 2. The molecule has 1 N–H and O–H groups in total. The summed E-state index contributed by atoms with van der Waals surface area (Å²) in [5.41, 5.74) is 13.6. The first-order valence-corrected chi connectivity index (χ1v) is 28.6. The topological polar surface area (TPSA) is 101 Å². The van der Waals surface area contributed by atoms with Gasteiger partial charge in [0, 0.05) is 63.5 Å². The molecule has 1 aliphatic rings. The Morgan fingerprint density at radius 3 is 1.30 bits per heavy atom. The number of halogens is 1. The first kappa shape index (κ1) is 54.5. The summed E-state index contributed by atoms with van der Waals surface area (Å²) in [5, 5.41) is 13.9. The number of benzene rings is 9. The molecule has 0 saturated carbocycles. The van der Waals surface area contributed by atoms with E-state index in [4.69, 9.17) is 23.7 Å². The molecule has 0 saturated heterocycles. The molecule has 0 amide bonds. The van der Waals surface area contributed by atoms with Crippen molar-refractivity contribution < 1.29 is 38.4 Å². The zero-order valence-electron chi connectivity index (χ0n) is 46.0. The summed E-state index contributed by atoms with van der Waals surface area (Å²) in [6.07, 6.45) is 5.04. The van der Waals surface area contributed by atoms with E-state index >= 15 is 4.79 Å². The Bertz CT molecular complexity index is 3740. The zero-order valence-corrected chi connectivity index (χ0v) is 47.6. The molecule has 8 nitrogen and oxygen atoms in total. The van der Waals surface area contributed by atoms with Gasteiger partial charge < -0.3 is 28.8 Å². The average Bonchev–Trinajstić information content (AvgIpc) is 3.56. The Morgan fingerprint density at radius 1 is 0.443 bits per heavy atom. The molecule has 9 aromatic carbocycles. The van der Waals surface area contributed by atoms with Gasteiger partial charge in [-0.1, -0.05) is 152 Å². The lowest BCUT2D eigenvalue weighted by atomic mass is 9.87. The largest absolute Gasteiger partial charge is 0.493 e. The summed E-state index contributed by atoms with van der Waals surface area (Å²) in [5.74, 6) is 1.76. The van der Waals surface area contributed by atoms with Crippen LogP contribution in [0.5, 0.6) is 28.7 Å². The molecule has 0 aromatic heterocycles. The van der Waals surface area contributed by atoms with Gasteiger partial charge in [-0.05, 0) is 143 Å². The summed E-state index contributed by atoms with van der Waals surface area (Å²) in [6.45, 7) is 14.8. The number of fused-ring (bicyclic) bond motifs is 10. The number of rotatable bonds is 17. The van der Waals surface area contributed by atoms with Crippen molar-refractivity contribution in [3.05, 3.63) is 217 Å².